The highest BCUT2D eigenvalue weighted by atomic mass is 19.4. The van der Waals surface area contributed by atoms with E-state index < -0.39 is 6.18 Å². The summed E-state index contributed by atoms with van der Waals surface area (Å²) in [6, 6.07) is 13.3. The third-order valence-electron chi connectivity index (χ3n) is 2.52. The second-order valence-corrected chi connectivity index (χ2v) is 3.79. The zero-order chi connectivity index (χ0) is 12.3. The quantitative estimate of drug-likeness (QED) is 0.673. The molecule has 0 radical (unpaired) electrons. The van der Waals surface area contributed by atoms with Crippen molar-refractivity contribution in [1.82, 2.24) is 0 Å². The van der Waals surface area contributed by atoms with Crippen molar-refractivity contribution < 1.29 is 13.2 Å². The van der Waals surface area contributed by atoms with Gasteiger partial charge in [-0.15, -0.1) is 0 Å². The Balaban J connectivity index is 2.28. The molecule has 0 bridgehead atoms. The number of fused-ring (bicyclic) bond motifs is 1. The van der Waals surface area contributed by atoms with Crippen LogP contribution in [0.5, 0.6) is 0 Å². The highest BCUT2D eigenvalue weighted by Gasteiger charge is 2.21. The van der Waals surface area contributed by atoms with Crippen molar-refractivity contribution in [2.24, 2.45) is 0 Å². The molecule has 0 heterocycles. The van der Waals surface area contributed by atoms with E-state index in [1.165, 1.54) is 0 Å². The van der Waals surface area contributed by atoms with E-state index in [9.17, 15) is 13.2 Å². The average molecular weight is 236 g/mol. The molecule has 0 nitrogen and oxygen atoms in total. The first-order valence-electron chi connectivity index (χ1n) is 5.27. The third-order valence-corrected chi connectivity index (χ3v) is 2.52. The van der Waals surface area contributed by atoms with Crippen LogP contribution in [-0.2, 0) is 6.42 Å². The summed E-state index contributed by atoms with van der Waals surface area (Å²) in [6.07, 6.45) is -2.50. The number of benzene rings is 2. The Kier molecular flexibility index (Phi) is 3.18. The predicted octanol–water partition coefficient (Wildman–Crippen LogP) is 4.50. The Morgan fingerprint density at radius 1 is 0.941 bits per heavy atom. The molecular formula is C14H11F3. The van der Waals surface area contributed by atoms with Gasteiger partial charge < -0.3 is 0 Å². The zero-order valence-electron chi connectivity index (χ0n) is 9.04. The number of allylic oxidation sites excluding steroid dienone is 2. The maximum absolute atomic E-state index is 12.0. The van der Waals surface area contributed by atoms with Crippen LogP contribution in [0.1, 0.15) is 5.56 Å². The predicted molar refractivity (Wildman–Crippen MR) is 62.8 cm³/mol. The van der Waals surface area contributed by atoms with Gasteiger partial charge in [0.15, 0.2) is 0 Å². The van der Waals surface area contributed by atoms with Gasteiger partial charge in [-0.3, -0.25) is 0 Å². The summed E-state index contributed by atoms with van der Waals surface area (Å²) in [4.78, 5) is 0. The molecule has 2 aromatic carbocycles. The first-order valence-corrected chi connectivity index (χ1v) is 5.27. The lowest BCUT2D eigenvalue weighted by atomic mass is 10.0. The summed E-state index contributed by atoms with van der Waals surface area (Å²) in [5.41, 5.74) is 0.906. The highest BCUT2D eigenvalue weighted by Crippen LogP contribution is 2.21. The van der Waals surface area contributed by atoms with Gasteiger partial charge in [-0.2, -0.15) is 13.2 Å². The maximum atomic E-state index is 12.0. The van der Waals surface area contributed by atoms with Gasteiger partial charge in [0.1, 0.15) is 0 Å². The van der Waals surface area contributed by atoms with Crippen LogP contribution in [-0.4, -0.2) is 6.18 Å². The largest absolute Gasteiger partial charge is 0.409 e. The van der Waals surface area contributed by atoms with E-state index in [4.69, 9.17) is 0 Å². The molecule has 0 saturated carbocycles. The molecule has 0 fully saturated rings. The van der Waals surface area contributed by atoms with E-state index in [1.807, 2.05) is 42.5 Å². The number of hydrogen-bond donors (Lipinski definition) is 0. The Hall–Kier alpha value is -1.77. The number of halogens is 3. The number of rotatable bonds is 2. The van der Waals surface area contributed by atoms with Crippen molar-refractivity contribution in [2.75, 3.05) is 0 Å². The van der Waals surface area contributed by atoms with E-state index in [2.05, 4.69) is 0 Å². The van der Waals surface area contributed by atoms with Crippen molar-refractivity contribution in [3.8, 4) is 0 Å². The van der Waals surface area contributed by atoms with Crippen molar-refractivity contribution in [1.29, 1.82) is 0 Å². The molecule has 0 N–H and O–H groups in total. The van der Waals surface area contributed by atoms with E-state index in [0.717, 1.165) is 22.4 Å². The second-order valence-electron chi connectivity index (χ2n) is 3.79. The fourth-order valence-electron chi connectivity index (χ4n) is 1.79. The fourth-order valence-corrected chi connectivity index (χ4v) is 1.79. The van der Waals surface area contributed by atoms with E-state index in [0.29, 0.717) is 6.42 Å². The van der Waals surface area contributed by atoms with Crippen LogP contribution in [0.4, 0.5) is 13.2 Å². The van der Waals surface area contributed by atoms with Crippen molar-refractivity contribution in [3.05, 3.63) is 60.2 Å². The van der Waals surface area contributed by atoms with Gasteiger partial charge in [0.25, 0.3) is 0 Å². The van der Waals surface area contributed by atoms with Gasteiger partial charge >= 0.3 is 6.18 Å². The first-order chi connectivity index (χ1) is 8.06. The normalized spacial score (nSPS) is 12.4. The van der Waals surface area contributed by atoms with Crippen LogP contribution in [0.3, 0.4) is 0 Å². The fraction of sp³-hybridized carbons (Fsp3) is 0.143. The number of alkyl halides is 3. The molecule has 0 aromatic heterocycles. The summed E-state index contributed by atoms with van der Waals surface area (Å²) >= 11 is 0. The van der Waals surface area contributed by atoms with E-state index in [-0.39, 0.29) is 6.08 Å². The molecule has 0 spiro atoms. The Labute approximate surface area is 97.4 Å². The molecule has 0 saturated heterocycles. The van der Waals surface area contributed by atoms with Crippen molar-refractivity contribution >= 4 is 10.8 Å². The lowest BCUT2D eigenvalue weighted by Gasteiger charge is -2.04. The van der Waals surface area contributed by atoms with Gasteiger partial charge in [-0.1, -0.05) is 48.5 Å². The lowest BCUT2D eigenvalue weighted by molar-refractivity contribution is -0.0800. The minimum atomic E-state index is -4.23. The molecule has 0 aliphatic heterocycles. The zero-order valence-corrected chi connectivity index (χ0v) is 9.04. The van der Waals surface area contributed by atoms with Crippen LogP contribution < -0.4 is 0 Å². The van der Waals surface area contributed by atoms with Gasteiger partial charge in [0.2, 0.25) is 0 Å². The lowest BCUT2D eigenvalue weighted by Crippen LogP contribution is -2.00. The molecule has 2 rings (SSSR count). The van der Waals surface area contributed by atoms with Gasteiger partial charge in [0.05, 0.1) is 0 Å². The highest BCUT2D eigenvalue weighted by molar-refractivity contribution is 5.85. The maximum Gasteiger partial charge on any atom is 0.409 e. The summed E-state index contributed by atoms with van der Waals surface area (Å²) in [7, 11) is 0. The monoisotopic (exact) mass is 236 g/mol. The van der Waals surface area contributed by atoms with Crippen LogP contribution in [0.25, 0.3) is 10.8 Å². The van der Waals surface area contributed by atoms with E-state index >= 15 is 0 Å². The molecule has 0 atom stereocenters. The molecule has 0 amide bonds. The minimum Gasteiger partial charge on any atom is -0.167 e. The molecule has 3 heteroatoms. The van der Waals surface area contributed by atoms with Crippen LogP contribution >= 0.6 is 0 Å². The summed E-state index contributed by atoms with van der Waals surface area (Å²) < 4.78 is 36.0. The second kappa shape index (κ2) is 4.62. The van der Waals surface area contributed by atoms with Crippen LogP contribution in [0.15, 0.2) is 54.6 Å². The van der Waals surface area contributed by atoms with Crippen LogP contribution in [0, 0.1) is 0 Å². The molecule has 0 aliphatic carbocycles. The Morgan fingerprint density at radius 2 is 1.65 bits per heavy atom. The molecule has 0 aliphatic rings. The van der Waals surface area contributed by atoms with E-state index in [1.54, 1.807) is 0 Å². The third kappa shape index (κ3) is 3.09. The molecule has 17 heavy (non-hydrogen) atoms. The Bertz CT molecular complexity index is 533. The van der Waals surface area contributed by atoms with Gasteiger partial charge in [-0.05, 0) is 22.8 Å². The molecule has 88 valence electrons. The Morgan fingerprint density at radius 3 is 2.41 bits per heavy atom. The molecular weight excluding hydrogens is 225 g/mol. The van der Waals surface area contributed by atoms with Gasteiger partial charge in [-0.25, -0.2) is 0 Å². The average Bonchev–Trinajstić information content (AvgIpc) is 2.28. The van der Waals surface area contributed by atoms with Crippen molar-refractivity contribution in [3.63, 3.8) is 0 Å². The number of hydrogen-bond acceptors (Lipinski definition) is 0. The van der Waals surface area contributed by atoms with Crippen LogP contribution in [0.2, 0.25) is 0 Å². The summed E-state index contributed by atoms with van der Waals surface area (Å²) in [5.74, 6) is 0. The minimum absolute atomic E-state index is 0.286. The van der Waals surface area contributed by atoms with Crippen molar-refractivity contribution in [2.45, 2.75) is 12.6 Å². The standard InChI is InChI=1S/C14H11F3/c15-14(16,17)10-4-8-12-7-3-6-11-5-1-2-9-13(11)12/h1-7,9-10H,8H2/b10-4+. The summed E-state index contributed by atoms with van der Waals surface area (Å²) in [6.45, 7) is 0. The molecule has 2 aromatic rings. The summed E-state index contributed by atoms with van der Waals surface area (Å²) in [5, 5.41) is 2.05. The SMILES string of the molecule is FC(F)(F)/C=C/Cc1cccc2ccccc12. The first kappa shape index (κ1) is 11.7. The molecule has 0 unspecified atom stereocenters. The van der Waals surface area contributed by atoms with Gasteiger partial charge in [0, 0.05) is 6.08 Å². The smallest absolute Gasteiger partial charge is 0.167 e. The topological polar surface area (TPSA) is 0 Å².